The molecular formula is C9H14BrN3O2S. The van der Waals surface area contributed by atoms with E-state index in [4.69, 9.17) is 0 Å². The van der Waals surface area contributed by atoms with Gasteiger partial charge >= 0.3 is 0 Å². The van der Waals surface area contributed by atoms with Crippen LogP contribution in [0.25, 0.3) is 0 Å². The zero-order chi connectivity index (χ0) is 12.5. The van der Waals surface area contributed by atoms with Crippen LogP contribution >= 0.6 is 15.9 Å². The minimum Gasteiger partial charge on any atom is -0.241 e. The molecule has 0 aliphatic heterocycles. The first-order chi connectivity index (χ1) is 7.21. The molecule has 0 spiro atoms. The van der Waals surface area contributed by atoms with E-state index in [1.807, 2.05) is 13.8 Å². The van der Waals surface area contributed by atoms with Crippen LogP contribution < -0.4 is 4.31 Å². The van der Waals surface area contributed by atoms with Gasteiger partial charge in [-0.1, -0.05) is 13.8 Å². The van der Waals surface area contributed by atoms with Gasteiger partial charge in [0.15, 0.2) is 0 Å². The maximum atomic E-state index is 11.4. The Morgan fingerprint density at radius 1 is 1.38 bits per heavy atom. The third-order valence-electron chi connectivity index (χ3n) is 2.07. The molecule has 0 radical (unpaired) electrons. The number of hydrogen-bond acceptors (Lipinski definition) is 4. The van der Waals surface area contributed by atoms with E-state index < -0.39 is 10.0 Å². The molecule has 7 heteroatoms. The Bertz CT molecular complexity index is 488. The van der Waals surface area contributed by atoms with Gasteiger partial charge in [-0.2, -0.15) is 0 Å². The van der Waals surface area contributed by atoms with Crippen LogP contribution in [0.1, 0.15) is 25.5 Å². The van der Waals surface area contributed by atoms with Crippen LogP contribution in [0, 0.1) is 0 Å². The van der Waals surface area contributed by atoms with Gasteiger partial charge in [0.05, 0.1) is 6.26 Å². The van der Waals surface area contributed by atoms with Gasteiger partial charge in [-0.25, -0.2) is 22.7 Å². The Morgan fingerprint density at radius 2 is 1.94 bits per heavy atom. The molecule has 1 aromatic heterocycles. The van der Waals surface area contributed by atoms with Crippen LogP contribution in [0.5, 0.6) is 0 Å². The van der Waals surface area contributed by atoms with Crippen LogP contribution in [-0.2, 0) is 10.0 Å². The van der Waals surface area contributed by atoms with E-state index in [1.54, 1.807) is 6.07 Å². The third kappa shape index (κ3) is 3.15. The van der Waals surface area contributed by atoms with Gasteiger partial charge in [-0.3, -0.25) is 0 Å². The fraction of sp³-hybridized carbons (Fsp3) is 0.556. The molecule has 0 amide bonds. The molecule has 0 aliphatic rings. The summed E-state index contributed by atoms with van der Waals surface area (Å²) in [6.45, 7) is 3.97. The standard InChI is InChI=1S/C9H14BrN3O2S/c1-6(2)7-5-8(10)12-9(11-7)13(3)16(4,14)15/h5-6H,1-4H3. The number of anilines is 1. The second kappa shape index (κ2) is 4.67. The van der Waals surface area contributed by atoms with Crippen molar-refractivity contribution in [3.05, 3.63) is 16.4 Å². The first-order valence-corrected chi connectivity index (χ1v) is 7.34. The zero-order valence-electron chi connectivity index (χ0n) is 9.60. The van der Waals surface area contributed by atoms with Gasteiger partial charge in [0.1, 0.15) is 4.60 Å². The summed E-state index contributed by atoms with van der Waals surface area (Å²) in [5.41, 5.74) is 0.798. The third-order valence-corrected chi connectivity index (χ3v) is 3.64. The monoisotopic (exact) mass is 307 g/mol. The van der Waals surface area contributed by atoms with E-state index >= 15 is 0 Å². The predicted molar refractivity (Wildman–Crippen MR) is 67.1 cm³/mol. The average molecular weight is 308 g/mol. The molecule has 0 saturated heterocycles. The molecule has 0 atom stereocenters. The number of nitrogens with zero attached hydrogens (tertiary/aromatic N) is 3. The molecular weight excluding hydrogens is 294 g/mol. The van der Waals surface area contributed by atoms with Crippen molar-refractivity contribution in [1.82, 2.24) is 9.97 Å². The summed E-state index contributed by atoms with van der Waals surface area (Å²) >= 11 is 3.24. The van der Waals surface area contributed by atoms with E-state index in [1.165, 1.54) is 7.05 Å². The van der Waals surface area contributed by atoms with Gasteiger partial charge in [-0.05, 0) is 27.9 Å². The fourth-order valence-electron chi connectivity index (χ4n) is 1.01. The van der Waals surface area contributed by atoms with Crippen LogP contribution in [0.3, 0.4) is 0 Å². The lowest BCUT2D eigenvalue weighted by Crippen LogP contribution is -2.27. The summed E-state index contributed by atoms with van der Waals surface area (Å²) in [5.74, 6) is 0.395. The molecule has 0 N–H and O–H groups in total. The smallest absolute Gasteiger partial charge is 0.240 e. The van der Waals surface area contributed by atoms with Gasteiger partial charge in [0.25, 0.3) is 0 Å². The predicted octanol–water partition coefficient (Wildman–Crippen LogP) is 1.76. The van der Waals surface area contributed by atoms with Gasteiger partial charge in [-0.15, -0.1) is 0 Å². The molecule has 0 saturated carbocycles. The van der Waals surface area contributed by atoms with Crippen molar-refractivity contribution in [2.75, 3.05) is 17.6 Å². The summed E-state index contributed by atoms with van der Waals surface area (Å²) in [6.07, 6.45) is 1.12. The molecule has 90 valence electrons. The summed E-state index contributed by atoms with van der Waals surface area (Å²) in [4.78, 5) is 8.24. The number of halogens is 1. The molecule has 0 fully saturated rings. The summed E-state index contributed by atoms with van der Waals surface area (Å²) < 4.78 is 24.3. The highest BCUT2D eigenvalue weighted by atomic mass is 79.9. The van der Waals surface area contributed by atoms with Gasteiger partial charge in [0.2, 0.25) is 16.0 Å². The normalized spacial score (nSPS) is 11.9. The molecule has 5 nitrogen and oxygen atoms in total. The van der Waals surface area contributed by atoms with Crippen molar-refractivity contribution < 1.29 is 8.42 Å². The first kappa shape index (κ1) is 13.4. The summed E-state index contributed by atoms with van der Waals surface area (Å²) in [7, 11) is -1.90. The molecule has 1 rings (SSSR count). The van der Waals surface area contributed by atoms with Crippen molar-refractivity contribution in [1.29, 1.82) is 0 Å². The van der Waals surface area contributed by atoms with E-state index in [9.17, 15) is 8.42 Å². The number of rotatable bonds is 3. The zero-order valence-corrected chi connectivity index (χ0v) is 12.0. The largest absolute Gasteiger partial charge is 0.241 e. The molecule has 16 heavy (non-hydrogen) atoms. The summed E-state index contributed by atoms with van der Waals surface area (Å²) in [6, 6.07) is 1.78. The first-order valence-electron chi connectivity index (χ1n) is 4.70. The highest BCUT2D eigenvalue weighted by molar-refractivity contribution is 9.10. The quantitative estimate of drug-likeness (QED) is 0.798. The molecule has 0 aliphatic carbocycles. The van der Waals surface area contributed by atoms with Crippen molar-refractivity contribution in [3.8, 4) is 0 Å². The number of hydrogen-bond donors (Lipinski definition) is 0. The molecule has 1 heterocycles. The number of sulfonamides is 1. The second-order valence-corrected chi connectivity index (χ2v) is 6.63. The minimum atomic E-state index is -3.33. The average Bonchev–Trinajstić information content (AvgIpc) is 2.14. The van der Waals surface area contributed by atoms with Crippen LogP contribution in [0.15, 0.2) is 10.7 Å². The Balaban J connectivity index is 3.25. The highest BCUT2D eigenvalue weighted by Crippen LogP contribution is 2.20. The van der Waals surface area contributed by atoms with Crippen molar-refractivity contribution >= 4 is 31.9 Å². The maximum absolute atomic E-state index is 11.4. The van der Waals surface area contributed by atoms with E-state index in [0.29, 0.717) is 4.60 Å². The van der Waals surface area contributed by atoms with Gasteiger partial charge in [0, 0.05) is 12.7 Å². The summed E-state index contributed by atoms with van der Waals surface area (Å²) in [5, 5.41) is 0. The van der Waals surface area contributed by atoms with Crippen LogP contribution in [-0.4, -0.2) is 31.7 Å². The minimum absolute atomic E-state index is 0.181. The van der Waals surface area contributed by atoms with Crippen molar-refractivity contribution in [3.63, 3.8) is 0 Å². The lowest BCUT2D eigenvalue weighted by molar-refractivity contribution is 0.599. The molecule has 0 bridgehead atoms. The maximum Gasteiger partial charge on any atom is 0.240 e. The van der Waals surface area contributed by atoms with Crippen LogP contribution in [0.2, 0.25) is 0 Å². The molecule has 0 unspecified atom stereocenters. The lowest BCUT2D eigenvalue weighted by atomic mass is 10.1. The molecule has 0 aromatic carbocycles. The van der Waals surface area contributed by atoms with E-state index in [2.05, 4.69) is 25.9 Å². The van der Waals surface area contributed by atoms with Crippen LogP contribution in [0.4, 0.5) is 5.95 Å². The number of aromatic nitrogens is 2. The SMILES string of the molecule is CC(C)c1cc(Br)nc(N(C)S(C)(=O)=O)n1. The topological polar surface area (TPSA) is 63.2 Å². The highest BCUT2D eigenvalue weighted by Gasteiger charge is 2.16. The van der Waals surface area contributed by atoms with Gasteiger partial charge < -0.3 is 0 Å². The molecule has 1 aromatic rings. The van der Waals surface area contributed by atoms with E-state index in [-0.39, 0.29) is 11.9 Å². The van der Waals surface area contributed by atoms with Crippen molar-refractivity contribution in [2.24, 2.45) is 0 Å². The van der Waals surface area contributed by atoms with Crippen molar-refractivity contribution in [2.45, 2.75) is 19.8 Å². The van der Waals surface area contributed by atoms with E-state index in [0.717, 1.165) is 16.3 Å². The fourth-order valence-corrected chi connectivity index (χ4v) is 1.78. The second-order valence-electron chi connectivity index (χ2n) is 3.80. The Morgan fingerprint density at radius 3 is 2.38 bits per heavy atom. The Hall–Kier alpha value is -0.690. The Labute approximate surface area is 104 Å². The lowest BCUT2D eigenvalue weighted by Gasteiger charge is -2.16. The Kier molecular flexibility index (Phi) is 3.90.